The highest BCUT2D eigenvalue weighted by Gasteiger charge is 2.17. The van der Waals surface area contributed by atoms with Crippen LogP contribution in [0, 0.1) is 0 Å². The van der Waals surface area contributed by atoms with E-state index in [4.69, 9.17) is 18.6 Å². The fourth-order valence-electron chi connectivity index (χ4n) is 3.49. The Labute approximate surface area is 186 Å². The Bertz CT molecular complexity index is 853. The van der Waals surface area contributed by atoms with Crippen molar-refractivity contribution in [3.63, 3.8) is 0 Å². The zero-order valence-electron chi connectivity index (χ0n) is 19.4. The van der Waals surface area contributed by atoms with Crippen molar-refractivity contribution in [3.05, 3.63) is 40.8 Å². The zero-order chi connectivity index (χ0) is 22.3. The number of unbranched alkanes of at least 4 members (excludes halogenated alkanes) is 7. The molecule has 0 bridgehead atoms. The van der Waals surface area contributed by atoms with E-state index in [0.29, 0.717) is 35.7 Å². The van der Waals surface area contributed by atoms with E-state index in [0.717, 1.165) is 25.7 Å². The average Bonchev–Trinajstić information content (AvgIpc) is 2.77. The minimum atomic E-state index is -0.521. The first-order chi connectivity index (χ1) is 15.2. The van der Waals surface area contributed by atoms with Gasteiger partial charge in [-0.1, -0.05) is 70.9 Å². The lowest BCUT2D eigenvalue weighted by molar-refractivity contribution is 0.271. The van der Waals surface area contributed by atoms with Crippen LogP contribution >= 0.6 is 0 Å². The van der Waals surface area contributed by atoms with Crippen molar-refractivity contribution in [2.75, 3.05) is 20.3 Å². The van der Waals surface area contributed by atoms with Gasteiger partial charge in [0.25, 0.3) is 0 Å². The number of fused-ring (bicyclic) bond motifs is 1. The summed E-state index contributed by atoms with van der Waals surface area (Å²) in [4.78, 5) is 12.5. The minimum Gasteiger partial charge on any atom is -0.493 e. The summed E-state index contributed by atoms with van der Waals surface area (Å²) >= 11 is 0. The van der Waals surface area contributed by atoms with E-state index < -0.39 is 5.63 Å². The average molecular weight is 431 g/mol. The smallest absolute Gasteiger partial charge is 0.383 e. The molecule has 2 aromatic rings. The van der Waals surface area contributed by atoms with Gasteiger partial charge in [0.15, 0.2) is 5.75 Å². The predicted molar refractivity (Wildman–Crippen MR) is 127 cm³/mol. The van der Waals surface area contributed by atoms with E-state index in [1.807, 2.05) is 12.1 Å². The van der Waals surface area contributed by atoms with Crippen molar-refractivity contribution >= 4 is 11.0 Å². The number of allylic oxidation sites excluding steroid dienone is 1. The third-order valence-electron chi connectivity index (χ3n) is 5.20. The van der Waals surface area contributed by atoms with Gasteiger partial charge in [-0.25, -0.2) is 4.79 Å². The molecule has 172 valence electrons. The molecular formula is C26H38O5. The molecule has 1 aromatic carbocycles. The van der Waals surface area contributed by atoms with Gasteiger partial charge in [0, 0.05) is 6.07 Å². The molecule has 0 unspecified atom stereocenters. The molecule has 0 aliphatic heterocycles. The highest BCUT2D eigenvalue weighted by Crippen LogP contribution is 2.34. The maximum absolute atomic E-state index is 12.5. The van der Waals surface area contributed by atoms with Crippen molar-refractivity contribution < 1.29 is 18.6 Å². The second-order valence-electron chi connectivity index (χ2n) is 7.75. The minimum absolute atomic E-state index is 0.149. The number of hydrogen-bond donors (Lipinski definition) is 0. The van der Waals surface area contributed by atoms with Crippen LogP contribution in [-0.2, 0) is 0 Å². The third kappa shape index (κ3) is 8.31. The van der Waals surface area contributed by atoms with Crippen LogP contribution in [-0.4, -0.2) is 20.3 Å². The molecule has 0 saturated carbocycles. The quantitative estimate of drug-likeness (QED) is 0.162. The SMILES string of the molecule is CCC=CCCOc1ccc2c(OC)c(OCCCCCCCCCC)c(=O)oc2c1. The lowest BCUT2D eigenvalue weighted by Gasteiger charge is -2.12. The van der Waals surface area contributed by atoms with Crippen molar-refractivity contribution in [2.45, 2.75) is 78.1 Å². The van der Waals surface area contributed by atoms with Crippen molar-refractivity contribution in [1.29, 1.82) is 0 Å². The van der Waals surface area contributed by atoms with E-state index in [1.54, 1.807) is 13.2 Å². The molecule has 1 heterocycles. The van der Waals surface area contributed by atoms with Crippen LogP contribution in [0.15, 0.2) is 39.6 Å². The molecule has 0 N–H and O–H groups in total. The second-order valence-corrected chi connectivity index (χ2v) is 7.75. The molecule has 5 heteroatoms. The maximum Gasteiger partial charge on any atom is 0.383 e. The van der Waals surface area contributed by atoms with Gasteiger partial charge in [-0.15, -0.1) is 0 Å². The molecule has 0 spiro atoms. The van der Waals surface area contributed by atoms with Crippen LogP contribution in [0.3, 0.4) is 0 Å². The van der Waals surface area contributed by atoms with E-state index in [1.165, 1.54) is 38.5 Å². The van der Waals surface area contributed by atoms with Crippen LogP contribution in [0.1, 0.15) is 78.1 Å². The zero-order valence-corrected chi connectivity index (χ0v) is 19.4. The summed E-state index contributed by atoms with van der Waals surface area (Å²) in [5.74, 6) is 1.23. The summed E-state index contributed by atoms with van der Waals surface area (Å²) in [7, 11) is 1.54. The van der Waals surface area contributed by atoms with Gasteiger partial charge >= 0.3 is 5.63 Å². The highest BCUT2D eigenvalue weighted by molar-refractivity contribution is 5.86. The van der Waals surface area contributed by atoms with Gasteiger partial charge in [0.2, 0.25) is 5.75 Å². The molecule has 31 heavy (non-hydrogen) atoms. The Morgan fingerprint density at radius 3 is 2.32 bits per heavy atom. The molecule has 0 fully saturated rings. The van der Waals surface area contributed by atoms with Gasteiger partial charge < -0.3 is 18.6 Å². The summed E-state index contributed by atoms with van der Waals surface area (Å²) in [6, 6.07) is 5.43. The lowest BCUT2D eigenvalue weighted by atomic mass is 10.1. The maximum atomic E-state index is 12.5. The largest absolute Gasteiger partial charge is 0.493 e. The topological polar surface area (TPSA) is 57.9 Å². The molecule has 1 aromatic heterocycles. The first-order valence-corrected chi connectivity index (χ1v) is 11.8. The highest BCUT2D eigenvalue weighted by atomic mass is 16.5. The molecule has 5 nitrogen and oxygen atoms in total. The summed E-state index contributed by atoms with van der Waals surface area (Å²) < 4.78 is 22.5. The number of rotatable bonds is 16. The summed E-state index contributed by atoms with van der Waals surface area (Å²) in [6.07, 6.45) is 15.8. The number of benzene rings is 1. The number of hydrogen-bond acceptors (Lipinski definition) is 5. The molecule has 0 aliphatic rings. The summed E-state index contributed by atoms with van der Waals surface area (Å²) in [5.41, 5.74) is -0.0881. The molecule has 0 radical (unpaired) electrons. The number of methoxy groups -OCH3 is 1. The Morgan fingerprint density at radius 1 is 0.871 bits per heavy atom. The van der Waals surface area contributed by atoms with Crippen LogP contribution in [0.2, 0.25) is 0 Å². The number of ether oxygens (including phenoxy) is 3. The molecule has 0 aliphatic carbocycles. The summed E-state index contributed by atoms with van der Waals surface area (Å²) in [5, 5.41) is 0.700. The first kappa shape index (κ1) is 24.8. The van der Waals surface area contributed by atoms with Crippen molar-refractivity contribution in [3.8, 4) is 17.2 Å². The lowest BCUT2D eigenvalue weighted by Crippen LogP contribution is -2.10. The van der Waals surface area contributed by atoms with Crippen molar-refractivity contribution in [1.82, 2.24) is 0 Å². The van der Waals surface area contributed by atoms with Gasteiger partial charge in [-0.2, -0.15) is 0 Å². The summed E-state index contributed by atoms with van der Waals surface area (Å²) in [6.45, 7) is 5.38. The Hall–Kier alpha value is -2.43. The van der Waals surface area contributed by atoms with E-state index in [9.17, 15) is 4.79 Å². The third-order valence-corrected chi connectivity index (χ3v) is 5.20. The van der Waals surface area contributed by atoms with Crippen LogP contribution in [0.4, 0.5) is 0 Å². The fraction of sp³-hybridized carbons (Fsp3) is 0.577. The fourth-order valence-corrected chi connectivity index (χ4v) is 3.49. The molecule has 2 rings (SSSR count). The predicted octanol–water partition coefficient (Wildman–Crippen LogP) is 7.06. The molecule has 0 amide bonds. The monoisotopic (exact) mass is 430 g/mol. The van der Waals surface area contributed by atoms with E-state index in [2.05, 4.69) is 26.0 Å². The van der Waals surface area contributed by atoms with E-state index >= 15 is 0 Å². The Morgan fingerprint density at radius 2 is 1.61 bits per heavy atom. The second kappa shape index (κ2) is 14.6. The molecule has 0 saturated heterocycles. The van der Waals surface area contributed by atoms with Crippen molar-refractivity contribution in [2.24, 2.45) is 0 Å². The van der Waals surface area contributed by atoms with Crippen LogP contribution < -0.4 is 19.8 Å². The van der Waals surface area contributed by atoms with Gasteiger partial charge in [-0.05, 0) is 31.4 Å². The van der Waals surface area contributed by atoms with Crippen LogP contribution in [0.25, 0.3) is 11.0 Å². The first-order valence-electron chi connectivity index (χ1n) is 11.8. The molecular weight excluding hydrogens is 392 g/mol. The van der Waals surface area contributed by atoms with Gasteiger partial charge in [0.05, 0.1) is 25.7 Å². The normalized spacial score (nSPS) is 11.3. The molecule has 0 atom stereocenters. The van der Waals surface area contributed by atoms with Crippen LogP contribution in [0.5, 0.6) is 17.2 Å². The standard InChI is InChI=1S/C26H38O5/c1-4-6-8-10-11-12-13-15-19-30-25-24(28-3)22-17-16-21(20-23(22)31-26(25)27)29-18-14-9-7-5-2/h7,9,16-17,20H,4-6,8,10-15,18-19H2,1-3H3. The van der Waals surface area contributed by atoms with Gasteiger partial charge in [0.1, 0.15) is 11.3 Å². The Balaban J connectivity index is 1.93. The Kier molecular flexibility index (Phi) is 11.7. The van der Waals surface area contributed by atoms with E-state index in [-0.39, 0.29) is 5.75 Å². The van der Waals surface area contributed by atoms with Gasteiger partial charge in [-0.3, -0.25) is 0 Å².